The van der Waals surface area contributed by atoms with E-state index < -0.39 is 0 Å². The minimum absolute atomic E-state index is 0.120. The summed E-state index contributed by atoms with van der Waals surface area (Å²) in [7, 11) is 0. The van der Waals surface area contributed by atoms with Gasteiger partial charge in [-0.25, -0.2) is 4.98 Å². The molecule has 0 aliphatic heterocycles. The van der Waals surface area contributed by atoms with Gasteiger partial charge in [-0.15, -0.1) is 0 Å². The largest absolute Gasteiger partial charge is 0.493 e. The SMILES string of the molecule is CC(C)COc1ccc(C(=O)N[C@@H](Cc2ncc[nH]2)c2ccccc2)cc1. The van der Waals surface area contributed by atoms with E-state index in [0.717, 1.165) is 17.1 Å². The molecule has 2 N–H and O–H groups in total. The van der Waals surface area contributed by atoms with Crippen LogP contribution in [-0.4, -0.2) is 22.5 Å². The van der Waals surface area contributed by atoms with Crippen molar-refractivity contribution < 1.29 is 9.53 Å². The zero-order valence-corrected chi connectivity index (χ0v) is 15.7. The van der Waals surface area contributed by atoms with Gasteiger partial charge >= 0.3 is 0 Å². The molecule has 0 radical (unpaired) electrons. The lowest BCUT2D eigenvalue weighted by molar-refractivity contribution is 0.0936. The molecule has 1 atom stereocenters. The van der Waals surface area contributed by atoms with Gasteiger partial charge in [-0.1, -0.05) is 44.2 Å². The van der Waals surface area contributed by atoms with Gasteiger partial charge in [0.05, 0.1) is 12.6 Å². The number of aromatic amines is 1. The van der Waals surface area contributed by atoms with E-state index in [1.54, 1.807) is 24.5 Å². The third-order valence-corrected chi connectivity index (χ3v) is 4.16. The Labute approximate surface area is 159 Å². The molecule has 5 nitrogen and oxygen atoms in total. The highest BCUT2D eigenvalue weighted by atomic mass is 16.5. The highest BCUT2D eigenvalue weighted by Crippen LogP contribution is 2.19. The van der Waals surface area contributed by atoms with E-state index >= 15 is 0 Å². The number of nitrogens with zero attached hydrogens (tertiary/aromatic N) is 1. The van der Waals surface area contributed by atoms with Crippen LogP contribution < -0.4 is 10.1 Å². The molecule has 27 heavy (non-hydrogen) atoms. The van der Waals surface area contributed by atoms with Gasteiger partial charge in [-0.2, -0.15) is 0 Å². The number of hydrogen-bond acceptors (Lipinski definition) is 3. The smallest absolute Gasteiger partial charge is 0.251 e. The Morgan fingerprint density at radius 1 is 1.11 bits per heavy atom. The lowest BCUT2D eigenvalue weighted by Crippen LogP contribution is -2.30. The molecule has 0 unspecified atom stereocenters. The molecule has 0 aliphatic rings. The number of amides is 1. The van der Waals surface area contributed by atoms with Crippen LogP contribution in [0, 0.1) is 5.92 Å². The first kappa shape index (κ1) is 18.7. The van der Waals surface area contributed by atoms with Gasteiger partial charge in [0.25, 0.3) is 5.91 Å². The molecule has 1 aromatic heterocycles. The Kier molecular flexibility index (Phi) is 6.26. The highest BCUT2D eigenvalue weighted by molar-refractivity contribution is 5.94. The number of ether oxygens (including phenoxy) is 1. The molecule has 3 aromatic rings. The normalized spacial score (nSPS) is 12.0. The summed E-state index contributed by atoms with van der Waals surface area (Å²) in [6.45, 7) is 4.86. The summed E-state index contributed by atoms with van der Waals surface area (Å²) in [5.74, 6) is 1.95. The summed E-state index contributed by atoms with van der Waals surface area (Å²) in [6.07, 6.45) is 4.10. The number of rotatable bonds is 8. The maximum Gasteiger partial charge on any atom is 0.251 e. The van der Waals surface area contributed by atoms with Crippen LogP contribution in [0.3, 0.4) is 0 Å². The minimum Gasteiger partial charge on any atom is -0.493 e. The number of carbonyl (C=O) groups excluding carboxylic acids is 1. The van der Waals surface area contributed by atoms with Crippen LogP contribution in [0.2, 0.25) is 0 Å². The maximum atomic E-state index is 12.8. The summed E-state index contributed by atoms with van der Waals surface area (Å²) in [6, 6.07) is 17.0. The molecular formula is C22H25N3O2. The number of nitrogens with one attached hydrogen (secondary N) is 2. The summed E-state index contributed by atoms with van der Waals surface area (Å²) in [5.41, 5.74) is 1.64. The summed E-state index contributed by atoms with van der Waals surface area (Å²) < 4.78 is 5.68. The Hall–Kier alpha value is -3.08. The van der Waals surface area contributed by atoms with Crippen molar-refractivity contribution in [1.82, 2.24) is 15.3 Å². The lowest BCUT2D eigenvalue weighted by Gasteiger charge is -2.18. The fourth-order valence-electron chi connectivity index (χ4n) is 2.75. The number of H-pyrrole nitrogens is 1. The van der Waals surface area contributed by atoms with Crippen LogP contribution in [0.1, 0.15) is 41.6 Å². The van der Waals surface area contributed by atoms with Crippen LogP contribution in [0.25, 0.3) is 0 Å². The fourth-order valence-corrected chi connectivity index (χ4v) is 2.75. The zero-order chi connectivity index (χ0) is 19.1. The highest BCUT2D eigenvalue weighted by Gasteiger charge is 2.17. The number of aromatic nitrogens is 2. The molecule has 2 aromatic carbocycles. The number of hydrogen-bond donors (Lipinski definition) is 2. The molecule has 3 rings (SSSR count). The van der Waals surface area contributed by atoms with Crippen LogP contribution in [-0.2, 0) is 6.42 Å². The van der Waals surface area contributed by atoms with E-state index in [9.17, 15) is 4.79 Å². The Balaban J connectivity index is 1.70. The quantitative estimate of drug-likeness (QED) is 0.631. The van der Waals surface area contributed by atoms with Gasteiger partial charge in [0.2, 0.25) is 0 Å². The van der Waals surface area contributed by atoms with Crippen molar-refractivity contribution in [3.05, 3.63) is 83.9 Å². The molecule has 0 fully saturated rings. The van der Waals surface area contributed by atoms with Gasteiger partial charge in [0.1, 0.15) is 11.6 Å². The second-order valence-electron chi connectivity index (χ2n) is 6.91. The van der Waals surface area contributed by atoms with Gasteiger partial charge < -0.3 is 15.0 Å². The van der Waals surface area contributed by atoms with E-state index in [1.165, 1.54) is 0 Å². The predicted molar refractivity (Wildman–Crippen MR) is 106 cm³/mol. The number of imidazole rings is 1. The van der Waals surface area contributed by atoms with Gasteiger partial charge in [0, 0.05) is 24.4 Å². The van der Waals surface area contributed by atoms with Crippen molar-refractivity contribution in [1.29, 1.82) is 0 Å². The van der Waals surface area contributed by atoms with Crippen molar-refractivity contribution in [2.45, 2.75) is 26.3 Å². The standard InChI is InChI=1S/C22H25N3O2/c1-16(2)15-27-19-10-8-18(9-11-19)22(26)25-20(14-21-23-12-13-24-21)17-6-4-3-5-7-17/h3-13,16,20H,14-15H2,1-2H3,(H,23,24)(H,25,26)/t20-/m0/s1. The Morgan fingerprint density at radius 2 is 1.85 bits per heavy atom. The van der Waals surface area contributed by atoms with Gasteiger partial charge in [0.15, 0.2) is 0 Å². The van der Waals surface area contributed by atoms with Crippen molar-refractivity contribution in [3.63, 3.8) is 0 Å². The van der Waals surface area contributed by atoms with Crippen molar-refractivity contribution in [2.24, 2.45) is 5.92 Å². The van der Waals surface area contributed by atoms with E-state index in [4.69, 9.17) is 4.74 Å². The van der Waals surface area contributed by atoms with E-state index in [1.807, 2.05) is 42.5 Å². The second-order valence-corrected chi connectivity index (χ2v) is 6.91. The molecule has 5 heteroatoms. The number of benzene rings is 2. The third kappa shape index (κ3) is 5.45. The van der Waals surface area contributed by atoms with E-state index in [2.05, 4.69) is 29.1 Å². The molecule has 1 heterocycles. The molecule has 0 aliphatic carbocycles. The average Bonchev–Trinajstić information content (AvgIpc) is 3.20. The first-order valence-electron chi connectivity index (χ1n) is 9.18. The zero-order valence-electron chi connectivity index (χ0n) is 15.7. The second kappa shape index (κ2) is 9.03. The lowest BCUT2D eigenvalue weighted by atomic mass is 10.0. The molecule has 0 spiro atoms. The van der Waals surface area contributed by atoms with E-state index in [0.29, 0.717) is 24.5 Å². The first-order valence-corrected chi connectivity index (χ1v) is 9.18. The average molecular weight is 363 g/mol. The Bertz CT molecular complexity index is 828. The predicted octanol–water partition coefficient (Wildman–Crippen LogP) is 4.16. The summed E-state index contributed by atoms with van der Waals surface area (Å²) in [4.78, 5) is 20.1. The fraction of sp³-hybridized carbons (Fsp3) is 0.273. The van der Waals surface area contributed by atoms with Crippen LogP contribution in [0.15, 0.2) is 67.0 Å². The number of carbonyl (C=O) groups is 1. The topological polar surface area (TPSA) is 67.0 Å². The Morgan fingerprint density at radius 3 is 2.48 bits per heavy atom. The first-order chi connectivity index (χ1) is 13.1. The minimum atomic E-state index is -0.165. The van der Waals surface area contributed by atoms with Crippen molar-refractivity contribution in [3.8, 4) is 5.75 Å². The van der Waals surface area contributed by atoms with E-state index in [-0.39, 0.29) is 11.9 Å². The maximum absolute atomic E-state index is 12.8. The molecule has 0 bridgehead atoms. The molecule has 0 saturated heterocycles. The van der Waals surface area contributed by atoms with Crippen LogP contribution in [0.5, 0.6) is 5.75 Å². The summed E-state index contributed by atoms with van der Waals surface area (Å²) >= 11 is 0. The monoisotopic (exact) mass is 363 g/mol. The van der Waals surface area contributed by atoms with Gasteiger partial charge in [-0.3, -0.25) is 4.79 Å². The molecular weight excluding hydrogens is 338 g/mol. The van der Waals surface area contributed by atoms with Gasteiger partial charge in [-0.05, 0) is 35.7 Å². The molecule has 0 saturated carbocycles. The van der Waals surface area contributed by atoms with Crippen molar-refractivity contribution in [2.75, 3.05) is 6.61 Å². The van der Waals surface area contributed by atoms with Crippen LogP contribution in [0.4, 0.5) is 0 Å². The molecule has 140 valence electrons. The third-order valence-electron chi connectivity index (χ3n) is 4.16. The van der Waals surface area contributed by atoms with Crippen LogP contribution >= 0.6 is 0 Å². The molecule has 1 amide bonds. The van der Waals surface area contributed by atoms with Crippen molar-refractivity contribution >= 4 is 5.91 Å². The summed E-state index contributed by atoms with van der Waals surface area (Å²) in [5, 5.41) is 3.12.